The number of aromatic nitrogens is 4. The molecule has 0 saturated carbocycles. The third kappa shape index (κ3) is 3.75. The minimum absolute atomic E-state index is 0.164. The van der Waals surface area contributed by atoms with E-state index in [4.69, 9.17) is 14.2 Å². The highest BCUT2D eigenvalue weighted by molar-refractivity contribution is 7.88. The van der Waals surface area contributed by atoms with Gasteiger partial charge in [0.05, 0.1) is 28.7 Å². The van der Waals surface area contributed by atoms with Crippen LogP contribution < -0.4 is 14.4 Å². The van der Waals surface area contributed by atoms with E-state index in [9.17, 15) is 8.42 Å². The van der Waals surface area contributed by atoms with Gasteiger partial charge in [-0.25, -0.2) is 18.1 Å². The number of aryl methyl sites for hydroxylation is 2. The van der Waals surface area contributed by atoms with Crippen LogP contribution in [0.1, 0.15) is 29.6 Å². The lowest BCUT2D eigenvalue weighted by molar-refractivity contribution is 0.258. The van der Waals surface area contributed by atoms with Crippen LogP contribution in [0.3, 0.4) is 0 Å². The molecule has 6 rings (SSSR count). The van der Waals surface area contributed by atoms with Gasteiger partial charge in [-0.1, -0.05) is 11.2 Å². The zero-order chi connectivity index (χ0) is 24.3. The van der Waals surface area contributed by atoms with Crippen LogP contribution in [0.15, 0.2) is 41.1 Å². The quantitative estimate of drug-likeness (QED) is 0.450. The Bertz CT molecular complexity index is 1510. The fraction of sp³-hybridized carbons (Fsp3) is 0.375. The monoisotopic (exact) mass is 494 g/mol. The number of nitrogens with one attached hydrogen (secondary N) is 1. The molecule has 2 aliphatic heterocycles. The smallest absolute Gasteiger partial charge is 0.209 e. The standard InChI is InChI=1S/C24H26N6O4S/c1-14-21(15(2)34-27-14)17-7-8-19-22-23(17)33-13-20(18-6-4-5-10-25-18)30(22)24(26-19)29-11-9-16(12-29)28-35(3,31)32/h4-8,10,16,20,28H,9,11-13H2,1-3H3/t16-,20-/m1/s1. The molecule has 5 heterocycles. The summed E-state index contributed by atoms with van der Waals surface area (Å²) in [7, 11) is -3.29. The van der Waals surface area contributed by atoms with Crippen LogP contribution in [-0.4, -0.2) is 60.1 Å². The van der Waals surface area contributed by atoms with Gasteiger partial charge in [0.15, 0.2) is 5.75 Å². The first-order valence-electron chi connectivity index (χ1n) is 11.5. The number of nitrogens with zero attached hydrogens (tertiary/aromatic N) is 5. The molecule has 1 fully saturated rings. The predicted octanol–water partition coefficient (Wildman–Crippen LogP) is 2.81. The first-order chi connectivity index (χ1) is 16.8. The van der Waals surface area contributed by atoms with Gasteiger partial charge in [-0.2, -0.15) is 0 Å². The molecular formula is C24H26N6O4S. The summed E-state index contributed by atoms with van der Waals surface area (Å²) in [6.45, 7) is 5.44. The molecule has 0 spiro atoms. The van der Waals surface area contributed by atoms with Crippen molar-refractivity contribution >= 4 is 27.0 Å². The van der Waals surface area contributed by atoms with Crippen LogP contribution in [-0.2, 0) is 10.0 Å². The van der Waals surface area contributed by atoms with Gasteiger partial charge in [0, 0.05) is 30.9 Å². The van der Waals surface area contributed by atoms with Gasteiger partial charge in [-0.05, 0) is 44.5 Å². The highest BCUT2D eigenvalue weighted by atomic mass is 32.2. The van der Waals surface area contributed by atoms with Crippen LogP contribution in [0.2, 0.25) is 0 Å². The number of rotatable bonds is 5. The summed E-state index contributed by atoms with van der Waals surface area (Å²) < 4.78 is 40.4. The Morgan fingerprint density at radius 2 is 2.03 bits per heavy atom. The Morgan fingerprint density at radius 1 is 1.17 bits per heavy atom. The Labute approximate surface area is 203 Å². The van der Waals surface area contributed by atoms with Gasteiger partial charge in [0.1, 0.15) is 23.9 Å². The molecule has 10 nitrogen and oxygen atoms in total. The largest absolute Gasteiger partial charge is 0.488 e. The highest BCUT2D eigenvalue weighted by Crippen LogP contribution is 2.46. The first-order valence-corrected chi connectivity index (χ1v) is 13.4. The van der Waals surface area contributed by atoms with Gasteiger partial charge in [0.2, 0.25) is 16.0 Å². The Balaban J connectivity index is 1.53. The lowest BCUT2D eigenvalue weighted by Gasteiger charge is -2.30. The van der Waals surface area contributed by atoms with Gasteiger partial charge in [-0.15, -0.1) is 0 Å². The van der Waals surface area contributed by atoms with Gasteiger partial charge < -0.3 is 14.2 Å². The van der Waals surface area contributed by atoms with E-state index in [0.29, 0.717) is 26.1 Å². The molecule has 0 amide bonds. The lowest BCUT2D eigenvalue weighted by Crippen LogP contribution is -2.37. The number of pyridine rings is 1. The maximum absolute atomic E-state index is 11.8. The second kappa shape index (κ2) is 8.06. The lowest BCUT2D eigenvalue weighted by atomic mass is 10.0. The van der Waals surface area contributed by atoms with Crippen molar-refractivity contribution in [3.05, 3.63) is 53.7 Å². The summed E-state index contributed by atoms with van der Waals surface area (Å²) in [6, 6.07) is 9.51. The van der Waals surface area contributed by atoms with Crippen LogP contribution in [0.4, 0.5) is 5.95 Å². The van der Waals surface area contributed by atoms with E-state index >= 15 is 0 Å². The molecule has 182 valence electrons. The summed E-state index contributed by atoms with van der Waals surface area (Å²) in [5.41, 5.74) is 5.22. The fourth-order valence-corrected chi connectivity index (χ4v) is 6.04. The molecule has 35 heavy (non-hydrogen) atoms. The predicted molar refractivity (Wildman–Crippen MR) is 131 cm³/mol. The van der Waals surface area contributed by atoms with Crippen molar-refractivity contribution in [1.82, 2.24) is 24.4 Å². The average molecular weight is 495 g/mol. The maximum Gasteiger partial charge on any atom is 0.209 e. The van der Waals surface area contributed by atoms with Crippen molar-refractivity contribution in [2.45, 2.75) is 32.4 Å². The number of sulfonamides is 1. The Morgan fingerprint density at radius 3 is 2.74 bits per heavy atom. The molecule has 0 unspecified atom stereocenters. The molecule has 0 bridgehead atoms. The maximum atomic E-state index is 11.8. The van der Waals surface area contributed by atoms with Crippen LogP contribution in [0.5, 0.6) is 5.75 Å². The van der Waals surface area contributed by atoms with E-state index in [1.54, 1.807) is 6.20 Å². The van der Waals surface area contributed by atoms with Crippen molar-refractivity contribution < 1.29 is 17.7 Å². The average Bonchev–Trinajstić information content (AvgIpc) is 3.52. The number of imidazole rings is 1. The van der Waals surface area contributed by atoms with Gasteiger partial charge >= 0.3 is 0 Å². The summed E-state index contributed by atoms with van der Waals surface area (Å²) in [5, 5.41) is 4.13. The summed E-state index contributed by atoms with van der Waals surface area (Å²) in [5.74, 6) is 2.26. The second-order valence-corrected chi connectivity index (χ2v) is 11.0. The fourth-order valence-electron chi connectivity index (χ4n) is 5.24. The number of anilines is 1. The normalized spacial score (nSPS) is 19.9. The molecule has 2 atom stereocenters. The van der Waals surface area contributed by atoms with Gasteiger partial charge in [0.25, 0.3) is 0 Å². The highest BCUT2D eigenvalue weighted by Gasteiger charge is 2.35. The van der Waals surface area contributed by atoms with Crippen LogP contribution in [0.25, 0.3) is 22.2 Å². The van der Waals surface area contributed by atoms with Crippen LogP contribution >= 0.6 is 0 Å². The molecule has 1 N–H and O–H groups in total. The van der Waals surface area contributed by atoms with Crippen molar-refractivity contribution in [2.24, 2.45) is 0 Å². The van der Waals surface area contributed by atoms with Gasteiger partial charge in [-0.3, -0.25) is 9.55 Å². The summed E-state index contributed by atoms with van der Waals surface area (Å²) in [4.78, 5) is 11.8. The summed E-state index contributed by atoms with van der Waals surface area (Å²) >= 11 is 0. The second-order valence-electron chi connectivity index (χ2n) is 9.19. The molecular weight excluding hydrogens is 468 g/mol. The van der Waals surface area contributed by atoms with E-state index in [1.807, 2.05) is 44.2 Å². The molecule has 1 aromatic carbocycles. The third-order valence-corrected chi connectivity index (χ3v) is 7.43. The third-order valence-electron chi connectivity index (χ3n) is 6.67. The minimum atomic E-state index is -3.29. The zero-order valence-electron chi connectivity index (χ0n) is 19.7. The van der Waals surface area contributed by atoms with Crippen LogP contribution in [0, 0.1) is 13.8 Å². The van der Waals surface area contributed by atoms with E-state index in [1.165, 1.54) is 6.26 Å². The number of hydrogen-bond donors (Lipinski definition) is 1. The van der Waals surface area contributed by atoms with E-state index in [0.717, 1.165) is 51.0 Å². The zero-order valence-corrected chi connectivity index (χ0v) is 20.5. The Kier molecular flexibility index (Phi) is 5.08. The van der Waals surface area contributed by atoms with Crippen molar-refractivity contribution in [2.75, 3.05) is 30.9 Å². The molecule has 4 aromatic rings. The number of ether oxygens (including phenoxy) is 1. The van der Waals surface area contributed by atoms with Crippen molar-refractivity contribution in [3.63, 3.8) is 0 Å². The molecule has 1 saturated heterocycles. The number of benzene rings is 1. The van der Waals surface area contributed by atoms with E-state index in [2.05, 4.69) is 24.3 Å². The Hall–Kier alpha value is -3.44. The molecule has 11 heteroatoms. The van der Waals surface area contributed by atoms with Crippen molar-refractivity contribution in [3.8, 4) is 16.9 Å². The van der Waals surface area contributed by atoms with E-state index < -0.39 is 10.0 Å². The molecule has 3 aromatic heterocycles. The van der Waals surface area contributed by atoms with E-state index in [-0.39, 0.29) is 12.1 Å². The first kappa shape index (κ1) is 22.1. The molecule has 0 radical (unpaired) electrons. The minimum Gasteiger partial charge on any atom is -0.488 e. The summed E-state index contributed by atoms with van der Waals surface area (Å²) in [6.07, 6.45) is 3.68. The molecule has 0 aliphatic carbocycles. The topological polar surface area (TPSA) is 115 Å². The molecule has 2 aliphatic rings. The number of hydrogen-bond acceptors (Lipinski definition) is 8. The van der Waals surface area contributed by atoms with Crippen molar-refractivity contribution in [1.29, 1.82) is 0 Å². The SMILES string of the molecule is Cc1noc(C)c1-c1ccc2nc(N3CC[C@@H](NS(C)(=O)=O)C3)n3c2c1OC[C@@H]3c1ccccn1.